The number of rotatable bonds is 11. The number of ether oxygens (including phenoxy) is 5. The lowest BCUT2D eigenvalue weighted by molar-refractivity contribution is -0.0499. The molecule has 0 fully saturated rings. The zero-order valence-electron chi connectivity index (χ0n) is 13.0. The number of hydrogen-bond acceptors (Lipinski definition) is 6. The van der Waals surface area contributed by atoms with Crippen molar-refractivity contribution < 1.29 is 28.8 Å². The Morgan fingerprint density at radius 2 is 1.64 bits per heavy atom. The average molecular weight is 312 g/mol. The normalized spacial score (nSPS) is 16.1. The topological polar surface area (TPSA) is 66.4 Å². The van der Waals surface area contributed by atoms with Crippen molar-refractivity contribution in [2.75, 3.05) is 39.6 Å². The lowest BCUT2D eigenvalue weighted by atomic mass is 10.3. The molecule has 0 aliphatic carbocycles. The molecule has 0 aromatic heterocycles. The second-order valence-corrected chi connectivity index (χ2v) is 4.95. The zero-order chi connectivity index (χ0) is 15.6. The van der Waals surface area contributed by atoms with Gasteiger partial charge in [-0.05, 0) is 18.6 Å². The molecule has 1 aromatic rings. The van der Waals surface area contributed by atoms with Gasteiger partial charge in [-0.2, -0.15) is 0 Å². The summed E-state index contributed by atoms with van der Waals surface area (Å²) >= 11 is 0. The summed E-state index contributed by atoms with van der Waals surface area (Å²) in [5, 5.41) is 9.35. The van der Waals surface area contributed by atoms with Crippen LogP contribution in [-0.2, 0) is 14.2 Å². The minimum absolute atomic E-state index is 0.151. The Hall–Kier alpha value is -1.50. The highest BCUT2D eigenvalue weighted by Crippen LogP contribution is 2.37. The first-order valence-corrected chi connectivity index (χ1v) is 7.69. The fourth-order valence-corrected chi connectivity index (χ4v) is 1.93. The van der Waals surface area contributed by atoms with Crippen LogP contribution in [0.2, 0.25) is 0 Å². The number of benzene rings is 1. The van der Waals surface area contributed by atoms with E-state index in [1.165, 1.54) is 6.07 Å². The van der Waals surface area contributed by atoms with Gasteiger partial charge in [0.2, 0.25) is 0 Å². The Balaban J connectivity index is 1.45. The lowest BCUT2D eigenvalue weighted by Crippen LogP contribution is -2.25. The molecule has 0 spiro atoms. The molecule has 1 heterocycles. The minimum atomic E-state index is -0.478. The maximum Gasteiger partial charge on any atom is 0.264 e. The van der Waals surface area contributed by atoms with Crippen LogP contribution in [-0.4, -0.2) is 51.0 Å². The summed E-state index contributed by atoms with van der Waals surface area (Å²) in [6.45, 7) is 5.42. The van der Waals surface area contributed by atoms with Crippen LogP contribution in [0.1, 0.15) is 19.8 Å². The number of aromatic hydroxyl groups is 1. The molecule has 0 amide bonds. The molecule has 6 heteroatoms. The fraction of sp³-hybridized carbons (Fsp3) is 0.625. The van der Waals surface area contributed by atoms with Gasteiger partial charge < -0.3 is 28.8 Å². The molecule has 0 bridgehead atoms. The zero-order valence-corrected chi connectivity index (χ0v) is 13.0. The van der Waals surface area contributed by atoms with Crippen molar-refractivity contribution in [2.24, 2.45) is 0 Å². The van der Waals surface area contributed by atoms with Gasteiger partial charge >= 0.3 is 0 Å². The first-order chi connectivity index (χ1) is 10.8. The van der Waals surface area contributed by atoms with Crippen molar-refractivity contribution in [1.29, 1.82) is 0 Å². The Morgan fingerprint density at radius 3 is 2.41 bits per heavy atom. The van der Waals surface area contributed by atoms with E-state index in [-0.39, 0.29) is 5.75 Å². The van der Waals surface area contributed by atoms with Crippen molar-refractivity contribution in [3.8, 4) is 17.2 Å². The van der Waals surface area contributed by atoms with E-state index in [2.05, 4.69) is 6.92 Å². The minimum Gasteiger partial charge on any atom is -0.508 e. The summed E-state index contributed by atoms with van der Waals surface area (Å²) in [7, 11) is 0. The molecule has 1 aliphatic rings. The predicted octanol–water partition coefficient (Wildman–Crippen LogP) is 2.34. The van der Waals surface area contributed by atoms with E-state index >= 15 is 0 Å². The number of phenols is 1. The number of phenolic OH excluding ortho intramolecular Hbond substituents is 1. The highest BCUT2D eigenvalue weighted by atomic mass is 16.7. The van der Waals surface area contributed by atoms with Gasteiger partial charge in [-0.1, -0.05) is 13.3 Å². The van der Waals surface area contributed by atoms with Crippen molar-refractivity contribution >= 4 is 0 Å². The Kier molecular flexibility index (Phi) is 7.28. The van der Waals surface area contributed by atoms with Gasteiger partial charge in [-0.3, -0.25) is 0 Å². The van der Waals surface area contributed by atoms with E-state index in [1.54, 1.807) is 12.1 Å². The third-order valence-corrected chi connectivity index (χ3v) is 3.08. The predicted molar refractivity (Wildman–Crippen MR) is 80.5 cm³/mol. The smallest absolute Gasteiger partial charge is 0.264 e. The van der Waals surface area contributed by atoms with Gasteiger partial charge in [0.05, 0.1) is 26.4 Å². The van der Waals surface area contributed by atoms with E-state index in [4.69, 9.17) is 23.7 Å². The van der Waals surface area contributed by atoms with E-state index in [9.17, 15) is 5.11 Å². The molecule has 1 aromatic carbocycles. The number of hydrogen-bond donors (Lipinski definition) is 1. The van der Waals surface area contributed by atoms with Gasteiger partial charge in [0, 0.05) is 12.7 Å². The van der Waals surface area contributed by atoms with Crippen molar-refractivity contribution in [2.45, 2.75) is 26.1 Å². The molecule has 0 radical (unpaired) electrons. The van der Waals surface area contributed by atoms with E-state index in [0.29, 0.717) is 44.5 Å². The van der Waals surface area contributed by atoms with Crippen molar-refractivity contribution in [1.82, 2.24) is 0 Å². The summed E-state index contributed by atoms with van der Waals surface area (Å²) in [5.41, 5.74) is 0. The molecule has 1 atom stereocenters. The molecule has 1 N–H and O–H groups in total. The molecular weight excluding hydrogens is 288 g/mol. The quantitative estimate of drug-likeness (QED) is 0.633. The standard InChI is InChI=1S/C16H24O6/c1-2-3-6-18-7-8-19-9-10-20-12-16-21-14-5-4-13(17)11-15(14)22-16/h4-5,11,16-17H,2-3,6-10,12H2,1H3. The van der Waals surface area contributed by atoms with Gasteiger partial charge in [-0.25, -0.2) is 0 Å². The largest absolute Gasteiger partial charge is 0.508 e. The van der Waals surface area contributed by atoms with Crippen molar-refractivity contribution in [3.63, 3.8) is 0 Å². The average Bonchev–Trinajstić information content (AvgIpc) is 2.91. The number of unbranched alkanes of at least 4 members (excludes halogenated alkanes) is 1. The SMILES string of the molecule is CCCCOCCOCCOCC1Oc2ccc(O)cc2O1. The summed E-state index contributed by atoms with van der Waals surface area (Å²) in [4.78, 5) is 0. The van der Waals surface area contributed by atoms with Gasteiger partial charge in [0.1, 0.15) is 12.4 Å². The van der Waals surface area contributed by atoms with Gasteiger partial charge in [-0.15, -0.1) is 0 Å². The Labute approximate surface area is 130 Å². The van der Waals surface area contributed by atoms with Crippen LogP contribution < -0.4 is 9.47 Å². The van der Waals surface area contributed by atoms with Crippen LogP contribution in [0.3, 0.4) is 0 Å². The van der Waals surface area contributed by atoms with Gasteiger partial charge in [0.15, 0.2) is 11.5 Å². The second-order valence-electron chi connectivity index (χ2n) is 4.95. The summed E-state index contributed by atoms with van der Waals surface area (Å²) in [6, 6.07) is 4.76. The first-order valence-electron chi connectivity index (χ1n) is 7.69. The molecule has 2 rings (SSSR count). The summed E-state index contributed by atoms with van der Waals surface area (Å²) in [5.74, 6) is 1.31. The van der Waals surface area contributed by atoms with Gasteiger partial charge in [0.25, 0.3) is 6.29 Å². The Morgan fingerprint density at radius 1 is 0.955 bits per heavy atom. The fourth-order valence-electron chi connectivity index (χ4n) is 1.93. The molecule has 0 saturated heterocycles. The molecular formula is C16H24O6. The van der Waals surface area contributed by atoms with Crippen LogP contribution in [0.25, 0.3) is 0 Å². The molecule has 124 valence electrons. The molecule has 1 unspecified atom stereocenters. The maximum absolute atomic E-state index is 9.35. The Bertz CT molecular complexity index is 437. The molecule has 22 heavy (non-hydrogen) atoms. The van der Waals surface area contributed by atoms with E-state index in [0.717, 1.165) is 19.4 Å². The van der Waals surface area contributed by atoms with Crippen LogP contribution in [0.15, 0.2) is 18.2 Å². The van der Waals surface area contributed by atoms with Crippen molar-refractivity contribution in [3.05, 3.63) is 18.2 Å². The monoisotopic (exact) mass is 312 g/mol. The molecule has 6 nitrogen and oxygen atoms in total. The third-order valence-electron chi connectivity index (χ3n) is 3.08. The first kappa shape index (κ1) is 16.9. The lowest BCUT2D eigenvalue weighted by Gasteiger charge is -2.11. The van der Waals surface area contributed by atoms with Crippen LogP contribution in [0.4, 0.5) is 0 Å². The molecule has 1 aliphatic heterocycles. The van der Waals surface area contributed by atoms with Crippen LogP contribution in [0, 0.1) is 0 Å². The highest BCUT2D eigenvalue weighted by Gasteiger charge is 2.24. The third kappa shape index (κ3) is 5.71. The van der Waals surface area contributed by atoms with E-state index in [1.807, 2.05) is 0 Å². The summed E-state index contributed by atoms with van der Waals surface area (Å²) < 4.78 is 27.2. The second kappa shape index (κ2) is 9.50. The number of fused-ring (bicyclic) bond motifs is 1. The van der Waals surface area contributed by atoms with Crippen LogP contribution >= 0.6 is 0 Å². The molecule has 0 saturated carbocycles. The van der Waals surface area contributed by atoms with E-state index < -0.39 is 6.29 Å². The highest BCUT2D eigenvalue weighted by molar-refractivity contribution is 5.46. The maximum atomic E-state index is 9.35. The van der Waals surface area contributed by atoms with Crippen LogP contribution in [0.5, 0.6) is 17.2 Å². The summed E-state index contributed by atoms with van der Waals surface area (Å²) in [6.07, 6.45) is 1.75.